The number of methoxy groups -OCH3 is 1. The van der Waals surface area contributed by atoms with E-state index in [0.29, 0.717) is 6.54 Å². The number of benzene rings is 3. The van der Waals surface area contributed by atoms with Crippen LogP contribution in [0, 0.1) is 6.92 Å². The van der Waals surface area contributed by atoms with Crippen LogP contribution in [0.25, 0.3) is 0 Å². The van der Waals surface area contributed by atoms with E-state index in [1.54, 1.807) is 7.11 Å². The molecule has 1 aliphatic heterocycles. The molecule has 0 spiro atoms. The molecule has 34 heavy (non-hydrogen) atoms. The minimum absolute atomic E-state index is 0.0514. The van der Waals surface area contributed by atoms with Crippen LogP contribution in [-0.4, -0.2) is 28.1 Å². The maximum Gasteiger partial charge on any atom is 0.259 e. The highest BCUT2D eigenvalue weighted by atomic mass is 16.5. The third kappa shape index (κ3) is 4.39. The Morgan fingerprint density at radius 1 is 0.941 bits per heavy atom. The van der Waals surface area contributed by atoms with Gasteiger partial charge in [-0.2, -0.15) is 0 Å². The molecule has 5 nitrogen and oxygen atoms in total. The predicted octanol–water partition coefficient (Wildman–Crippen LogP) is 4.76. The number of ether oxygens (including phenoxy) is 1. The molecule has 5 heteroatoms. The van der Waals surface area contributed by atoms with E-state index in [1.165, 1.54) is 5.56 Å². The van der Waals surface area contributed by atoms with Crippen LogP contribution < -0.4 is 10.3 Å². The standard InChI is InChI=1S/C29H29N3O2/c1-21-30-27-16-17-31(19-22-10-9-15-25(18-22)34-2)20-26(27)29(33)32(21)28(23-11-5-3-6-12-23)24-13-7-4-8-14-24/h3-15,18,28H,16-17,19-20H2,1-2H3. The molecule has 4 aromatic rings. The zero-order chi connectivity index (χ0) is 23.5. The highest BCUT2D eigenvalue weighted by molar-refractivity contribution is 5.35. The Hall–Kier alpha value is -3.70. The molecule has 0 bridgehead atoms. The van der Waals surface area contributed by atoms with E-state index in [9.17, 15) is 4.79 Å². The zero-order valence-electron chi connectivity index (χ0n) is 19.6. The Balaban J connectivity index is 1.54. The Morgan fingerprint density at radius 2 is 1.62 bits per heavy atom. The van der Waals surface area contributed by atoms with Gasteiger partial charge in [0.2, 0.25) is 0 Å². The predicted molar refractivity (Wildman–Crippen MR) is 134 cm³/mol. The molecule has 1 aliphatic rings. The average Bonchev–Trinajstić information content (AvgIpc) is 2.88. The van der Waals surface area contributed by atoms with E-state index >= 15 is 0 Å². The lowest BCUT2D eigenvalue weighted by Gasteiger charge is -2.30. The first kappa shape index (κ1) is 22.1. The topological polar surface area (TPSA) is 47.4 Å². The van der Waals surface area contributed by atoms with Crippen LogP contribution in [0.4, 0.5) is 0 Å². The summed E-state index contributed by atoms with van der Waals surface area (Å²) in [5, 5.41) is 0. The van der Waals surface area contributed by atoms with Crippen LogP contribution in [0.15, 0.2) is 89.7 Å². The lowest BCUT2D eigenvalue weighted by Crippen LogP contribution is -2.40. The van der Waals surface area contributed by atoms with Gasteiger partial charge in [0.05, 0.1) is 24.4 Å². The van der Waals surface area contributed by atoms with Crippen molar-refractivity contribution >= 4 is 0 Å². The maximum absolute atomic E-state index is 14.0. The quantitative estimate of drug-likeness (QED) is 0.424. The summed E-state index contributed by atoms with van der Waals surface area (Å²) >= 11 is 0. The van der Waals surface area contributed by atoms with Gasteiger partial charge in [-0.15, -0.1) is 0 Å². The molecule has 0 saturated carbocycles. The van der Waals surface area contributed by atoms with Crippen LogP contribution in [0.1, 0.15) is 39.8 Å². The largest absolute Gasteiger partial charge is 0.497 e. The van der Waals surface area contributed by atoms with Crippen molar-refractivity contribution in [2.45, 2.75) is 32.5 Å². The van der Waals surface area contributed by atoms with Gasteiger partial charge in [0.25, 0.3) is 5.56 Å². The van der Waals surface area contributed by atoms with Gasteiger partial charge >= 0.3 is 0 Å². The molecule has 0 radical (unpaired) electrons. The molecule has 5 rings (SSSR count). The fourth-order valence-electron chi connectivity index (χ4n) is 4.89. The highest BCUT2D eigenvalue weighted by Gasteiger charge is 2.27. The lowest BCUT2D eigenvalue weighted by molar-refractivity contribution is 0.239. The first-order chi connectivity index (χ1) is 16.6. The minimum atomic E-state index is -0.221. The molecule has 0 saturated heterocycles. The smallest absolute Gasteiger partial charge is 0.259 e. The van der Waals surface area contributed by atoms with Crippen LogP contribution in [-0.2, 0) is 19.5 Å². The van der Waals surface area contributed by atoms with Gasteiger partial charge in [-0.3, -0.25) is 14.3 Å². The SMILES string of the molecule is COc1cccc(CN2CCc3nc(C)n(C(c4ccccc4)c4ccccc4)c(=O)c3C2)c1. The summed E-state index contributed by atoms with van der Waals surface area (Å²) in [5.41, 5.74) is 5.11. The molecular formula is C29H29N3O2. The molecule has 0 N–H and O–H groups in total. The van der Waals surface area contributed by atoms with Crippen molar-refractivity contribution < 1.29 is 4.74 Å². The van der Waals surface area contributed by atoms with Crippen molar-refractivity contribution in [2.24, 2.45) is 0 Å². The number of rotatable bonds is 6. The number of fused-ring (bicyclic) bond motifs is 1. The summed E-state index contributed by atoms with van der Waals surface area (Å²) in [6.45, 7) is 4.18. The summed E-state index contributed by atoms with van der Waals surface area (Å²) in [6.07, 6.45) is 0.775. The molecule has 0 fully saturated rings. The van der Waals surface area contributed by atoms with Gasteiger partial charge in [-0.25, -0.2) is 4.98 Å². The van der Waals surface area contributed by atoms with Crippen LogP contribution >= 0.6 is 0 Å². The molecule has 0 amide bonds. The number of hydrogen-bond donors (Lipinski definition) is 0. The molecule has 0 atom stereocenters. The van der Waals surface area contributed by atoms with E-state index in [-0.39, 0.29) is 11.6 Å². The summed E-state index contributed by atoms with van der Waals surface area (Å²) in [5.74, 6) is 1.60. The second kappa shape index (κ2) is 9.65. The normalized spacial score (nSPS) is 13.6. The third-order valence-electron chi connectivity index (χ3n) is 6.55. The van der Waals surface area contributed by atoms with Gasteiger partial charge in [0, 0.05) is 26.1 Å². The van der Waals surface area contributed by atoms with Gasteiger partial charge in [0.1, 0.15) is 11.6 Å². The number of hydrogen-bond acceptors (Lipinski definition) is 4. The summed E-state index contributed by atoms with van der Waals surface area (Å²) in [4.78, 5) is 21.2. The van der Waals surface area contributed by atoms with E-state index in [0.717, 1.165) is 53.5 Å². The van der Waals surface area contributed by atoms with E-state index < -0.39 is 0 Å². The third-order valence-corrected chi connectivity index (χ3v) is 6.55. The number of aromatic nitrogens is 2. The summed E-state index contributed by atoms with van der Waals surface area (Å²) in [7, 11) is 1.68. The maximum atomic E-state index is 14.0. The van der Waals surface area contributed by atoms with Crippen molar-refractivity contribution in [3.63, 3.8) is 0 Å². The fraction of sp³-hybridized carbons (Fsp3) is 0.241. The second-order valence-corrected chi connectivity index (χ2v) is 8.80. The number of aryl methyl sites for hydroxylation is 1. The number of nitrogens with zero attached hydrogens (tertiary/aromatic N) is 3. The van der Waals surface area contributed by atoms with Crippen molar-refractivity contribution in [3.05, 3.63) is 129 Å². The molecule has 3 aromatic carbocycles. The minimum Gasteiger partial charge on any atom is -0.497 e. The fourth-order valence-corrected chi connectivity index (χ4v) is 4.89. The molecule has 0 unspecified atom stereocenters. The van der Waals surface area contributed by atoms with Crippen LogP contribution in [0.3, 0.4) is 0 Å². The lowest BCUT2D eigenvalue weighted by atomic mass is 9.97. The summed E-state index contributed by atoms with van der Waals surface area (Å²) in [6, 6.07) is 28.3. The molecule has 1 aromatic heterocycles. The van der Waals surface area contributed by atoms with Gasteiger partial charge in [-0.05, 0) is 35.7 Å². The zero-order valence-corrected chi connectivity index (χ0v) is 19.6. The van der Waals surface area contributed by atoms with Crippen LogP contribution in [0.5, 0.6) is 5.75 Å². The van der Waals surface area contributed by atoms with Crippen molar-refractivity contribution in [3.8, 4) is 5.75 Å². The van der Waals surface area contributed by atoms with E-state index in [1.807, 2.05) is 60.0 Å². The van der Waals surface area contributed by atoms with Gasteiger partial charge < -0.3 is 4.74 Å². The summed E-state index contributed by atoms with van der Waals surface area (Å²) < 4.78 is 7.25. The van der Waals surface area contributed by atoms with Gasteiger partial charge in [0.15, 0.2) is 0 Å². The Kier molecular flexibility index (Phi) is 6.28. The monoisotopic (exact) mass is 451 g/mol. The molecular weight excluding hydrogens is 422 g/mol. The van der Waals surface area contributed by atoms with E-state index in [2.05, 4.69) is 41.3 Å². The van der Waals surface area contributed by atoms with Gasteiger partial charge in [-0.1, -0.05) is 72.8 Å². The molecule has 172 valence electrons. The Morgan fingerprint density at radius 3 is 2.26 bits per heavy atom. The molecule has 0 aliphatic carbocycles. The first-order valence-electron chi connectivity index (χ1n) is 11.7. The Bertz CT molecular complexity index is 1290. The van der Waals surface area contributed by atoms with Crippen LogP contribution in [0.2, 0.25) is 0 Å². The molecule has 2 heterocycles. The van der Waals surface area contributed by atoms with Crippen molar-refractivity contribution in [1.82, 2.24) is 14.5 Å². The Labute approximate surface area is 200 Å². The van der Waals surface area contributed by atoms with Crippen molar-refractivity contribution in [1.29, 1.82) is 0 Å². The average molecular weight is 452 g/mol. The highest BCUT2D eigenvalue weighted by Crippen LogP contribution is 2.28. The first-order valence-corrected chi connectivity index (χ1v) is 11.7. The van der Waals surface area contributed by atoms with Crippen molar-refractivity contribution in [2.75, 3.05) is 13.7 Å². The van der Waals surface area contributed by atoms with E-state index in [4.69, 9.17) is 9.72 Å². The second-order valence-electron chi connectivity index (χ2n) is 8.80.